The highest BCUT2D eigenvalue weighted by Gasteiger charge is 2.28. The van der Waals surface area contributed by atoms with Gasteiger partial charge in [-0.1, -0.05) is 25.1 Å². The summed E-state index contributed by atoms with van der Waals surface area (Å²) in [7, 11) is 0. The van der Waals surface area contributed by atoms with Gasteiger partial charge in [-0.05, 0) is 43.5 Å². The van der Waals surface area contributed by atoms with Crippen molar-refractivity contribution in [3.8, 4) is 0 Å². The Labute approximate surface area is 118 Å². The van der Waals surface area contributed by atoms with E-state index < -0.39 is 12.8 Å². The van der Waals surface area contributed by atoms with Crippen molar-refractivity contribution < 1.29 is 17.9 Å². The predicted octanol–water partition coefficient (Wildman–Crippen LogP) is 3.92. The topological polar surface area (TPSA) is 21.3 Å². The van der Waals surface area contributed by atoms with Crippen molar-refractivity contribution in [2.24, 2.45) is 0 Å². The third kappa shape index (κ3) is 5.92. The van der Waals surface area contributed by atoms with Gasteiger partial charge in [0.2, 0.25) is 0 Å². The van der Waals surface area contributed by atoms with E-state index in [-0.39, 0.29) is 12.6 Å². The second-order valence-electron chi connectivity index (χ2n) is 4.98. The first-order chi connectivity index (χ1) is 9.33. The Hall–Kier alpha value is -1.07. The monoisotopic (exact) mass is 289 g/mol. The molecule has 0 fully saturated rings. The number of rotatable bonds is 7. The zero-order valence-electron chi connectivity index (χ0n) is 12.2. The van der Waals surface area contributed by atoms with Crippen molar-refractivity contribution in [3.63, 3.8) is 0 Å². The summed E-state index contributed by atoms with van der Waals surface area (Å²) in [4.78, 5) is 0. The fourth-order valence-electron chi connectivity index (χ4n) is 1.87. The number of aryl methyl sites for hydroxylation is 2. The van der Waals surface area contributed by atoms with Gasteiger partial charge in [0.05, 0.1) is 12.6 Å². The maximum absolute atomic E-state index is 12.1. The average molecular weight is 289 g/mol. The van der Waals surface area contributed by atoms with Crippen molar-refractivity contribution in [1.82, 2.24) is 5.32 Å². The Morgan fingerprint density at radius 3 is 2.45 bits per heavy atom. The van der Waals surface area contributed by atoms with Gasteiger partial charge in [-0.25, -0.2) is 0 Å². The van der Waals surface area contributed by atoms with Gasteiger partial charge >= 0.3 is 6.18 Å². The minimum absolute atomic E-state index is 0.0159. The van der Waals surface area contributed by atoms with Gasteiger partial charge in [0.1, 0.15) is 6.61 Å². The highest BCUT2D eigenvalue weighted by Crippen LogP contribution is 2.20. The summed E-state index contributed by atoms with van der Waals surface area (Å²) in [5, 5.41) is 3.23. The molecule has 0 aromatic heterocycles. The molecule has 1 aromatic rings. The lowest BCUT2D eigenvalue weighted by atomic mass is 10.0. The maximum Gasteiger partial charge on any atom is 0.411 e. The summed E-state index contributed by atoms with van der Waals surface area (Å²) < 4.78 is 41.2. The molecule has 0 radical (unpaired) electrons. The highest BCUT2D eigenvalue weighted by atomic mass is 19.4. The Kier molecular flexibility index (Phi) is 6.49. The van der Waals surface area contributed by atoms with Gasteiger partial charge in [-0.2, -0.15) is 13.2 Å². The van der Waals surface area contributed by atoms with Gasteiger partial charge in [0.25, 0.3) is 0 Å². The molecular formula is C15H22F3NO. The van der Waals surface area contributed by atoms with Crippen LogP contribution in [-0.2, 0) is 4.74 Å². The molecule has 0 heterocycles. The number of hydrogen-bond acceptors (Lipinski definition) is 2. The first kappa shape index (κ1) is 17.0. The summed E-state index contributed by atoms with van der Waals surface area (Å²) in [6.45, 7) is 5.57. The Morgan fingerprint density at radius 1 is 1.20 bits per heavy atom. The van der Waals surface area contributed by atoms with E-state index in [9.17, 15) is 13.2 Å². The van der Waals surface area contributed by atoms with Crippen molar-refractivity contribution >= 4 is 0 Å². The van der Waals surface area contributed by atoms with E-state index in [4.69, 9.17) is 4.74 Å². The van der Waals surface area contributed by atoms with Crippen LogP contribution in [0, 0.1) is 13.8 Å². The van der Waals surface area contributed by atoms with Crippen molar-refractivity contribution in [2.75, 3.05) is 19.8 Å². The molecule has 1 atom stereocenters. The highest BCUT2D eigenvalue weighted by molar-refractivity contribution is 5.31. The van der Waals surface area contributed by atoms with Gasteiger partial charge < -0.3 is 10.1 Å². The third-order valence-electron chi connectivity index (χ3n) is 3.12. The second-order valence-corrected chi connectivity index (χ2v) is 4.98. The van der Waals surface area contributed by atoms with Crippen LogP contribution in [0.1, 0.15) is 36.1 Å². The molecule has 0 aliphatic heterocycles. The van der Waals surface area contributed by atoms with Crippen LogP contribution in [0.5, 0.6) is 0 Å². The smallest absolute Gasteiger partial charge is 0.370 e. The van der Waals surface area contributed by atoms with Gasteiger partial charge in [-0.15, -0.1) is 0 Å². The zero-order valence-corrected chi connectivity index (χ0v) is 12.2. The first-order valence-electron chi connectivity index (χ1n) is 6.78. The van der Waals surface area contributed by atoms with Crippen LogP contribution >= 0.6 is 0 Å². The standard InChI is InChI=1S/C15H22F3NO/c1-4-7-19-14(9-20-10-15(16,17)18)13-6-5-11(2)12(3)8-13/h5-6,8,14,19H,4,7,9-10H2,1-3H3. The maximum atomic E-state index is 12.1. The molecule has 0 saturated heterocycles. The van der Waals surface area contributed by atoms with Crippen molar-refractivity contribution in [1.29, 1.82) is 0 Å². The van der Waals surface area contributed by atoms with Crippen LogP contribution in [0.3, 0.4) is 0 Å². The Bertz CT molecular complexity index is 418. The van der Waals surface area contributed by atoms with Gasteiger partial charge in [-0.3, -0.25) is 0 Å². The van der Waals surface area contributed by atoms with E-state index in [1.54, 1.807) is 0 Å². The molecule has 0 aliphatic carbocycles. The lowest BCUT2D eigenvalue weighted by molar-refractivity contribution is -0.175. The summed E-state index contributed by atoms with van der Waals surface area (Å²) in [5.41, 5.74) is 3.25. The third-order valence-corrected chi connectivity index (χ3v) is 3.12. The summed E-state index contributed by atoms with van der Waals surface area (Å²) in [6, 6.07) is 5.71. The van der Waals surface area contributed by atoms with Crippen LogP contribution in [-0.4, -0.2) is 25.9 Å². The quantitative estimate of drug-likeness (QED) is 0.821. The SMILES string of the molecule is CCCNC(COCC(F)(F)F)c1ccc(C)c(C)c1. The van der Waals surface area contributed by atoms with E-state index >= 15 is 0 Å². The Balaban J connectivity index is 2.69. The molecule has 0 saturated carbocycles. The van der Waals surface area contributed by atoms with E-state index in [0.717, 1.165) is 24.1 Å². The lowest BCUT2D eigenvalue weighted by Crippen LogP contribution is -2.28. The fraction of sp³-hybridized carbons (Fsp3) is 0.600. The molecule has 20 heavy (non-hydrogen) atoms. The van der Waals surface area contributed by atoms with Crippen molar-refractivity contribution in [3.05, 3.63) is 34.9 Å². The van der Waals surface area contributed by atoms with E-state index in [2.05, 4.69) is 5.32 Å². The van der Waals surface area contributed by atoms with Crippen LogP contribution in [0.4, 0.5) is 13.2 Å². The van der Waals surface area contributed by atoms with Gasteiger partial charge in [0.15, 0.2) is 0 Å². The molecule has 0 bridgehead atoms. The minimum Gasteiger partial charge on any atom is -0.370 e. The van der Waals surface area contributed by atoms with Crippen molar-refractivity contribution in [2.45, 2.75) is 39.4 Å². The predicted molar refractivity (Wildman–Crippen MR) is 73.8 cm³/mol. The van der Waals surface area contributed by atoms with Crippen LogP contribution in [0.15, 0.2) is 18.2 Å². The number of alkyl halides is 3. The lowest BCUT2D eigenvalue weighted by Gasteiger charge is -2.20. The number of hydrogen-bond donors (Lipinski definition) is 1. The molecule has 2 nitrogen and oxygen atoms in total. The van der Waals surface area contributed by atoms with E-state index in [0.29, 0.717) is 0 Å². The largest absolute Gasteiger partial charge is 0.411 e. The summed E-state index contributed by atoms with van der Waals surface area (Å²) in [6.07, 6.45) is -3.36. The zero-order chi connectivity index (χ0) is 15.2. The molecule has 1 N–H and O–H groups in total. The fourth-order valence-corrected chi connectivity index (χ4v) is 1.87. The average Bonchev–Trinajstić information content (AvgIpc) is 2.35. The van der Waals surface area contributed by atoms with Crippen LogP contribution < -0.4 is 5.32 Å². The van der Waals surface area contributed by atoms with E-state index in [1.165, 1.54) is 5.56 Å². The molecule has 114 valence electrons. The number of benzene rings is 1. The molecule has 1 aromatic carbocycles. The molecule has 0 amide bonds. The molecule has 5 heteroatoms. The van der Waals surface area contributed by atoms with Gasteiger partial charge in [0, 0.05) is 0 Å². The minimum atomic E-state index is -4.28. The molecule has 1 rings (SSSR count). The van der Waals surface area contributed by atoms with Crippen LogP contribution in [0.25, 0.3) is 0 Å². The molecular weight excluding hydrogens is 267 g/mol. The number of nitrogens with one attached hydrogen (secondary N) is 1. The molecule has 0 spiro atoms. The summed E-state index contributed by atoms with van der Waals surface area (Å²) in [5.74, 6) is 0. The van der Waals surface area contributed by atoms with Crippen LogP contribution in [0.2, 0.25) is 0 Å². The second kappa shape index (κ2) is 7.64. The normalized spacial score (nSPS) is 13.5. The number of halogens is 3. The molecule has 0 aliphatic rings. The van der Waals surface area contributed by atoms with E-state index in [1.807, 2.05) is 39.0 Å². The first-order valence-corrected chi connectivity index (χ1v) is 6.78. The summed E-state index contributed by atoms with van der Waals surface area (Å²) >= 11 is 0. The molecule has 1 unspecified atom stereocenters. The Morgan fingerprint density at radius 2 is 1.90 bits per heavy atom. The number of ether oxygens (including phenoxy) is 1.